The molecule has 2 rings (SSSR count). The second kappa shape index (κ2) is 7.47. The van der Waals surface area contributed by atoms with Gasteiger partial charge in [-0.2, -0.15) is 5.10 Å². The molecule has 0 saturated carbocycles. The fraction of sp³-hybridized carbons (Fsp3) is 0.375. The number of nitrogens with zero attached hydrogens (tertiary/aromatic N) is 2. The number of benzene rings is 1. The fourth-order valence-corrected chi connectivity index (χ4v) is 2.18. The number of aromatic nitrogens is 2. The van der Waals surface area contributed by atoms with Crippen molar-refractivity contribution < 1.29 is 9.90 Å². The molecule has 0 aliphatic rings. The Morgan fingerprint density at radius 3 is 3.00 bits per heavy atom. The van der Waals surface area contributed by atoms with Crippen LogP contribution in [0.2, 0.25) is 0 Å². The summed E-state index contributed by atoms with van der Waals surface area (Å²) in [5.74, 6) is -0.763. The SMILES string of the molecule is CC(CCn1cccn1)Nc1cccc(CCC(=O)O)c1. The molecule has 0 saturated heterocycles. The first-order valence-corrected chi connectivity index (χ1v) is 7.18. The predicted molar refractivity (Wildman–Crippen MR) is 82.3 cm³/mol. The third kappa shape index (κ3) is 5.30. The van der Waals surface area contributed by atoms with Gasteiger partial charge in [-0.3, -0.25) is 9.48 Å². The molecule has 5 heteroatoms. The second-order valence-corrected chi connectivity index (χ2v) is 5.20. The van der Waals surface area contributed by atoms with Crippen LogP contribution in [0.15, 0.2) is 42.7 Å². The van der Waals surface area contributed by atoms with Crippen molar-refractivity contribution in [2.45, 2.75) is 38.8 Å². The molecular weight excluding hydrogens is 266 g/mol. The summed E-state index contributed by atoms with van der Waals surface area (Å²) in [6, 6.07) is 10.2. The number of hydrogen-bond donors (Lipinski definition) is 2. The maximum absolute atomic E-state index is 10.6. The normalized spacial score (nSPS) is 12.0. The van der Waals surface area contributed by atoms with Gasteiger partial charge < -0.3 is 10.4 Å². The Balaban J connectivity index is 1.83. The van der Waals surface area contributed by atoms with Crippen LogP contribution in [0.1, 0.15) is 25.3 Å². The first-order valence-electron chi connectivity index (χ1n) is 7.18. The minimum atomic E-state index is -0.763. The van der Waals surface area contributed by atoms with Gasteiger partial charge in [-0.1, -0.05) is 12.1 Å². The predicted octanol–water partition coefficient (Wildman–Crippen LogP) is 2.79. The number of carbonyl (C=O) groups is 1. The summed E-state index contributed by atoms with van der Waals surface area (Å²) in [7, 11) is 0. The molecule has 1 aromatic carbocycles. The van der Waals surface area contributed by atoms with E-state index in [0.717, 1.165) is 24.2 Å². The minimum absolute atomic E-state index is 0.165. The van der Waals surface area contributed by atoms with Gasteiger partial charge in [0.05, 0.1) is 0 Å². The average molecular weight is 287 g/mol. The molecule has 0 aliphatic carbocycles. The van der Waals surface area contributed by atoms with E-state index < -0.39 is 5.97 Å². The molecule has 112 valence electrons. The summed E-state index contributed by atoms with van der Waals surface area (Å²) in [5.41, 5.74) is 2.08. The summed E-state index contributed by atoms with van der Waals surface area (Å²) >= 11 is 0. The van der Waals surface area contributed by atoms with Crippen LogP contribution in [0.4, 0.5) is 5.69 Å². The largest absolute Gasteiger partial charge is 0.481 e. The van der Waals surface area contributed by atoms with Crippen LogP contribution in [0.25, 0.3) is 0 Å². The van der Waals surface area contributed by atoms with Gasteiger partial charge in [0.15, 0.2) is 0 Å². The van der Waals surface area contributed by atoms with E-state index in [0.29, 0.717) is 12.5 Å². The van der Waals surface area contributed by atoms with E-state index in [4.69, 9.17) is 5.11 Å². The Morgan fingerprint density at radius 2 is 2.29 bits per heavy atom. The van der Waals surface area contributed by atoms with Crippen LogP contribution < -0.4 is 5.32 Å². The van der Waals surface area contributed by atoms with Crippen molar-refractivity contribution >= 4 is 11.7 Å². The molecule has 5 nitrogen and oxygen atoms in total. The molecule has 2 N–H and O–H groups in total. The van der Waals surface area contributed by atoms with Gasteiger partial charge in [-0.25, -0.2) is 0 Å². The summed E-state index contributed by atoms with van der Waals surface area (Å²) in [6.45, 7) is 3.01. The topological polar surface area (TPSA) is 67.2 Å². The molecule has 0 amide bonds. The van der Waals surface area contributed by atoms with Crippen molar-refractivity contribution in [1.82, 2.24) is 9.78 Å². The lowest BCUT2D eigenvalue weighted by Crippen LogP contribution is -2.18. The number of anilines is 1. The fourth-order valence-electron chi connectivity index (χ4n) is 2.18. The zero-order valence-electron chi connectivity index (χ0n) is 12.2. The lowest BCUT2D eigenvalue weighted by molar-refractivity contribution is -0.136. The Morgan fingerprint density at radius 1 is 1.43 bits per heavy atom. The average Bonchev–Trinajstić information content (AvgIpc) is 2.97. The first kappa shape index (κ1) is 15.1. The van der Waals surface area contributed by atoms with Crippen molar-refractivity contribution in [3.63, 3.8) is 0 Å². The Labute approximate surface area is 124 Å². The highest BCUT2D eigenvalue weighted by Crippen LogP contribution is 2.14. The van der Waals surface area contributed by atoms with Gasteiger partial charge in [0, 0.05) is 37.1 Å². The van der Waals surface area contributed by atoms with Gasteiger partial charge in [-0.05, 0) is 43.5 Å². The van der Waals surface area contributed by atoms with Crippen molar-refractivity contribution in [3.05, 3.63) is 48.3 Å². The molecule has 1 aromatic heterocycles. The van der Waals surface area contributed by atoms with Gasteiger partial charge in [0.25, 0.3) is 0 Å². The molecular formula is C16H21N3O2. The van der Waals surface area contributed by atoms with E-state index in [9.17, 15) is 4.79 Å². The van der Waals surface area contributed by atoms with Gasteiger partial charge in [0.1, 0.15) is 0 Å². The standard InChI is InChI=1S/C16H21N3O2/c1-13(8-11-19-10-3-9-17-19)18-15-5-2-4-14(12-15)6-7-16(20)21/h2-5,9-10,12-13,18H,6-8,11H2,1H3,(H,20,21). The van der Waals surface area contributed by atoms with Crippen molar-refractivity contribution in [2.24, 2.45) is 0 Å². The molecule has 0 spiro atoms. The lowest BCUT2D eigenvalue weighted by Gasteiger charge is -2.16. The van der Waals surface area contributed by atoms with Gasteiger partial charge in [-0.15, -0.1) is 0 Å². The molecule has 1 heterocycles. The molecule has 0 bridgehead atoms. The maximum atomic E-state index is 10.6. The zero-order chi connectivity index (χ0) is 15.1. The van der Waals surface area contributed by atoms with E-state index in [1.807, 2.05) is 41.2 Å². The minimum Gasteiger partial charge on any atom is -0.481 e. The third-order valence-corrected chi connectivity index (χ3v) is 3.32. The smallest absolute Gasteiger partial charge is 0.303 e. The highest BCUT2D eigenvalue weighted by Gasteiger charge is 2.04. The number of nitrogens with one attached hydrogen (secondary N) is 1. The summed E-state index contributed by atoms with van der Waals surface area (Å²) in [4.78, 5) is 10.6. The second-order valence-electron chi connectivity index (χ2n) is 5.20. The van der Waals surface area contributed by atoms with E-state index in [1.54, 1.807) is 6.20 Å². The monoisotopic (exact) mass is 287 g/mol. The molecule has 0 aliphatic heterocycles. The van der Waals surface area contributed by atoms with Crippen LogP contribution in [-0.2, 0) is 17.8 Å². The van der Waals surface area contributed by atoms with Gasteiger partial charge in [0.2, 0.25) is 0 Å². The highest BCUT2D eigenvalue weighted by atomic mass is 16.4. The van der Waals surface area contributed by atoms with Crippen molar-refractivity contribution in [2.75, 3.05) is 5.32 Å². The van der Waals surface area contributed by atoms with Crippen LogP contribution in [0.5, 0.6) is 0 Å². The van der Waals surface area contributed by atoms with E-state index in [2.05, 4.69) is 17.3 Å². The molecule has 0 radical (unpaired) electrons. The molecule has 1 atom stereocenters. The zero-order valence-corrected chi connectivity index (χ0v) is 12.2. The number of carboxylic acid groups (broad SMARTS) is 1. The van der Waals surface area contributed by atoms with Crippen molar-refractivity contribution in [3.8, 4) is 0 Å². The number of hydrogen-bond acceptors (Lipinski definition) is 3. The molecule has 2 aromatic rings. The quantitative estimate of drug-likeness (QED) is 0.783. The van der Waals surface area contributed by atoms with E-state index in [1.165, 1.54) is 0 Å². The van der Waals surface area contributed by atoms with E-state index in [-0.39, 0.29) is 6.42 Å². The van der Waals surface area contributed by atoms with Gasteiger partial charge >= 0.3 is 5.97 Å². The summed E-state index contributed by atoms with van der Waals surface area (Å²) < 4.78 is 1.92. The molecule has 1 unspecified atom stereocenters. The van der Waals surface area contributed by atoms with E-state index >= 15 is 0 Å². The van der Waals surface area contributed by atoms with Crippen LogP contribution in [0.3, 0.4) is 0 Å². The highest BCUT2D eigenvalue weighted by molar-refractivity contribution is 5.67. The molecule has 0 fully saturated rings. The third-order valence-electron chi connectivity index (χ3n) is 3.32. The Kier molecular flexibility index (Phi) is 5.37. The number of carboxylic acids is 1. The van der Waals surface area contributed by atoms with Crippen LogP contribution in [0, 0.1) is 0 Å². The number of rotatable bonds is 8. The first-order chi connectivity index (χ1) is 10.1. The Bertz CT molecular complexity index is 567. The summed E-state index contributed by atoms with van der Waals surface area (Å²) in [5, 5.41) is 16.4. The van der Waals surface area contributed by atoms with Crippen LogP contribution >= 0.6 is 0 Å². The number of aryl methyl sites for hydroxylation is 2. The lowest BCUT2D eigenvalue weighted by atomic mass is 10.1. The Hall–Kier alpha value is -2.30. The number of aliphatic carboxylic acids is 1. The molecule has 21 heavy (non-hydrogen) atoms. The summed E-state index contributed by atoms with van der Waals surface area (Å²) in [6.07, 6.45) is 5.44. The maximum Gasteiger partial charge on any atom is 0.303 e. The van der Waals surface area contributed by atoms with Crippen LogP contribution in [-0.4, -0.2) is 26.9 Å². The van der Waals surface area contributed by atoms with Crippen molar-refractivity contribution in [1.29, 1.82) is 0 Å².